The lowest BCUT2D eigenvalue weighted by molar-refractivity contribution is -0.279. The van der Waals surface area contributed by atoms with Gasteiger partial charge in [0, 0.05) is 57.7 Å². The number of nitrogens with one attached hydrogen (secondary N) is 2. The molecule has 7 rings (SSSR count). The fourth-order valence-electron chi connectivity index (χ4n) is 10.7. The van der Waals surface area contributed by atoms with Crippen LogP contribution in [0.1, 0.15) is 88.7 Å². The third-order valence-corrected chi connectivity index (χ3v) is 17.1. The number of benzene rings is 4. The zero-order valence-electron chi connectivity index (χ0n) is 52.9. The van der Waals surface area contributed by atoms with Crippen molar-refractivity contribution in [3.63, 3.8) is 0 Å². The number of anilines is 1. The number of carbonyl (C=O) groups excluding carboxylic acids is 5. The molecule has 2 amide bonds. The van der Waals surface area contributed by atoms with Crippen molar-refractivity contribution in [2.45, 2.75) is 128 Å². The summed E-state index contributed by atoms with van der Waals surface area (Å²) in [5, 5.41) is 5.30. The first kappa shape index (κ1) is 71.2. The maximum Gasteiger partial charge on any atom is 0.351 e. The van der Waals surface area contributed by atoms with Crippen LogP contribution in [0.15, 0.2) is 126 Å². The fraction of sp³-hybridized carbons (Fsp3) is 0.492. The Labute approximate surface area is 530 Å². The second-order valence-electron chi connectivity index (χ2n) is 21.8. The standard InChI is InChI=1S/C65H83FN5O19P/c1-41(2)71(42(3)4)91(38-37-82-34-33-80-31-32-81-35-36-83-63-57(67-43(5)72)60(87-46(8)75)59(86-45(7)74)53(89-63)39-84-44(6)73)90-58-54(88-62(56(58)66)70-30-29-55(69-64(70)77)68-61(76)47-17-13-11-14-18-47)40-85-65(48-19-15-12-16-20-48,49-21-25-51(78-9)26-22-49)50-23-27-52(79-10)28-24-50/h11-30,41-42,53-54,56-60,62-63H,31-40H2,1-10H3,(H,67,72)(H,68,69,76,77)/t53-,54-,56-,57-,58-,59+,60-,62-,63-,91?/m1/s1. The first-order chi connectivity index (χ1) is 43.7. The van der Waals surface area contributed by atoms with Gasteiger partial charge in [-0.2, -0.15) is 4.98 Å². The Morgan fingerprint density at radius 2 is 1.18 bits per heavy atom. The molecule has 0 saturated carbocycles. The van der Waals surface area contributed by atoms with Crippen molar-refractivity contribution in [2.75, 3.05) is 85.2 Å². The molecule has 0 radical (unpaired) electrons. The Bertz CT molecular complexity index is 3110. The smallest absolute Gasteiger partial charge is 0.351 e. The third-order valence-electron chi connectivity index (χ3n) is 14.6. The van der Waals surface area contributed by atoms with E-state index in [-0.39, 0.29) is 77.4 Å². The lowest BCUT2D eigenvalue weighted by Gasteiger charge is -2.44. The van der Waals surface area contributed by atoms with E-state index in [9.17, 15) is 28.8 Å². The summed E-state index contributed by atoms with van der Waals surface area (Å²) in [4.78, 5) is 79.6. The lowest BCUT2D eigenvalue weighted by atomic mass is 9.80. The van der Waals surface area contributed by atoms with E-state index in [4.69, 9.17) is 61.4 Å². The first-order valence-corrected chi connectivity index (χ1v) is 31.4. The number of methoxy groups -OCH3 is 2. The zero-order chi connectivity index (χ0) is 65.6. The van der Waals surface area contributed by atoms with Crippen LogP contribution in [0.3, 0.4) is 0 Å². The Kier molecular flexibility index (Phi) is 27.3. The van der Waals surface area contributed by atoms with E-state index in [1.165, 1.54) is 26.1 Å². The van der Waals surface area contributed by atoms with Gasteiger partial charge in [-0.05, 0) is 86.8 Å². The minimum Gasteiger partial charge on any atom is -0.497 e. The van der Waals surface area contributed by atoms with E-state index < -0.39 is 105 Å². The molecule has 2 N–H and O–H groups in total. The van der Waals surface area contributed by atoms with Gasteiger partial charge in [0.25, 0.3) is 5.91 Å². The van der Waals surface area contributed by atoms with E-state index in [2.05, 4.69) is 20.3 Å². The average molecular weight is 1290 g/mol. The maximum atomic E-state index is 17.9. The van der Waals surface area contributed by atoms with Crippen molar-refractivity contribution in [3.8, 4) is 11.5 Å². The molecule has 5 aromatic rings. The van der Waals surface area contributed by atoms with Crippen molar-refractivity contribution < 1.29 is 89.7 Å². The van der Waals surface area contributed by atoms with Gasteiger partial charge >= 0.3 is 23.6 Å². The zero-order valence-corrected chi connectivity index (χ0v) is 53.8. The van der Waals surface area contributed by atoms with Crippen LogP contribution in [0.4, 0.5) is 10.2 Å². The van der Waals surface area contributed by atoms with Gasteiger partial charge in [0.2, 0.25) is 5.91 Å². The van der Waals surface area contributed by atoms with Crippen molar-refractivity contribution in [1.82, 2.24) is 19.5 Å². The summed E-state index contributed by atoms with van der Waals surface area (Å²) in [6.45, 7) is 13.2. The highest BCUT2D eigenvalue weighted by molar-refractivity contribution is 7.50. The fourth-order valence-corrected chi connectivity index (χ4v) is 13.0. The lowest BCUT2D eigenvalue weighted by Crippen LogP contribution is -2.66. The molecule has 494 valence electrons. The van der Waals surface area contributed by atoms with Crippen molar-refractivity contribution >= 4 is 43.8 Å². The van der Waals surface area contributed by atoms with Crippen LogP contribution >= 0.6 is 8.30 Å². The molecule has 1 aromatic heterocycles. The Balaban J connectivity index is 1.04. The van der Waals surface area contributed by atoms with Crippen LogP contribution in [0.5, 0.6) is 11.5 Å². The number of amides is 2. The molecule has 2 aliphatic rings. The second-order valence-corrected chi connectivity index (χ2v) is 23.6. The van der Waals surface area contributed by atoms with Gasteiger partial charge < -0.3 is 72.0 Å². The van der Waals surface area contributed by atoms with E-state index in [0.29, 0.717) is 23.2 Å². The van der Waals surface area contributed by atoms with Gasteiger partial charge in [-0.15, -0.1) is 0 Å². The number of hydrogen-bond donors (Lipinski definition) is 2. The molecule has 26 heteroatoms. The largest absolute Gasteiger partial charge is 0.497 e. The third kappa shape index (κ3) is 19.6. The number of alkyl halides is 1. The van der Waals surface area contributed by atoms with Crippen molar-refractivity contribution in [2.24, 2.45) is 0 Å². The van der Waals surface area contributed by atoms with Crippen LogP contribution in [0, 0.1) is 0 Å². The number of carbonyl (C=O) groups is 5. The molecule has 0 aliphatic carbocycles. The van der Waals surface area contributed by atoms with Crippen LogP contribution in [0.2, 0.25) is 0 Å². The molecular weight excluding hydrogens is 1200 g/mol. The predicted octanol–water partition coefficient (Wildman–Crippen LogP) is 7.30. The quantitative estimate of drug-likeness (QED) is 0.0134. The molecule has 1 unspecified atom stereocenters. The van der Waals surface area contributed by atoms with Gasteiger partial charge in [0.05, 0.1) is 67.1 Å². The molecule has 2 fully saturated rings. The Morgan fingerprint density at radius 3 is 1.70 bits per heavy atom. The minimum atomic E-state index is -1.95. The molecule has 0 bridgehead atoms. The Hall–Kier alpha value is -7.29. The highest BCUT2D eigenvalue weighted by Crippen LogP contribution is 2.50. The van der Waals surface area contributed by atoms with E-state index in [1.807, 2.05) is 107 Å². The molecule has 2 aliphatic heterocycles. The van der Waals surface area contributed by atoms with Crippen molar-refractivity contribution in [3.05, 3.63) is 154 Å². The summed E-state index contributed by atoms with van der Waals surface area (Å²) < 4.78 is 99.1. The SMILES string of the molecule is COc1ccc(C(OC[C@H]2O[C@@H](n3ccc(NC(=O)c4ccccc4)nc3=O)[C@H](F)[C@@H]2OP(CCOCCOCCOCCO[C@@H]2O[C@H](COC(C)=O)[C@H](OC(C)=O)[C@H](OC(C)=O)[C@H]2NC(C)=O)N(C(C)C)C(C)C)(c2ccccc2)c2ccc(OC)cc2)cc1. The van der Waals surface area contributed by atoms with Crippen LogP contribution in [-0.4, -0.2) is 185 Å². The summed E-state index contributed by atoms with van der Waals surface area (Å²) in [5.41, 5.74) is 0.353. The number of nitrogens with zero attached hydrogens (tertiary/aromatic N) is 3. The number of hydrogen-bond acceptors (Lipinski definition) is 21. The highest BCUT2D eigenvalue weighted by atomic mass is 31.2. The van der Waals surface area contributed by atoms with Gasteiger partial charge in [0.15, 0.2) is 30.9 Å². The average Bonchev–Trinajstić information content (AvgIpc) is 1.48. The normalized spacial score (nSPS) is 21.1. The molecule has 0 spiro atoms. The number of aromatic nitrogens is 2. The van der Waals surface area contributed by atoms with Gasteiger partial charge in [-0.1, -0.05) is 72.8 Å². The number of ether oxygens (including phenoxy) is 12. The van der Waals surface area contributed by atoms with E-state index in [0.717, 1.165) is 35.1 Å². The monoisotopic (exact) mass is 1290 g/mol. The summed E-state index contributed by atoms with van der Waals surface area (Å²) in [6, 6.07) is 33.2. The summed E-state index contributed by atoms with van der Waals surface area (Å²) >= 11 is 0. The maximum absolute atomic E-state index is 17.9. The first-order valence-electron chi connectivity index (χ1n) is 30.0. The molecular formula is C65H83FN5O19P. The summed E-state index contributed by atoms with van der Waals surface area (Å²) in [6.07, 6.45) is -9.16. The molecule has 10 atom stereocenters. The summed E-state index contributed by atoms with van der Waals surface area (Å²) in [7, 11) is 1.51. The predicted molar refractivity (Wildman–Crippen MR) is 331 cm³/mol. The van der Waals surface area contributed by atoms with Crippen LogP contribution < -0.4 is 25.8 Å². The number of rotatable bonds is 34. The minimum absolute atomic E-state index is 0.0338. The van der Waals surface area contributed by atoms with Gasteiger partial charge in [-0.3, -0.25) is 33.2 Å². The topological polar surface area (TPSA) is 268 Å². The molecule has 91 heavy (non-hydrogen) atoms. The molecule has 4 aromatic carbocycles. The molecule has 2 saturated heterocycles. The Morgan fingerprint density at radius 1 is 0.648 bits per heavy atom. The number of halogens is 1. The van der Waals surface area contributed by atoms with E-state index in [1.54, 1.807) is 44.6 Å². The van der Waals surface area contributed by atoms with Gasteiger partial charge in [0.1, 0.15) is 62.2 Å². The highest BCUT2D eigenvalue weighted by Gasteiger charge is 2.53. The van der Waals surface area contributed by atoms with Crippen molar-refractivity contribution in [1.29, 1.82) is 0 Å². The van der Waals surface area contributed by atoms with Crippen LogP contribution in [0.25, 0.3) is 0 Å². The second kappa shape index (κ2) is 34.9. The summed E-state index contributed by atoms with van der Waals surface area (Å²) in [5.74, 6) is -1.88. The number of esters is 3. The molecule has 3 heterocycles. The van der Waals surface area contributed by atoms with Gasteiger partial charge in [-0.25, -0.2) is 9.18 Å². The molecule has 24 nitrogen and oxygen atoms in total. The van der Waals surface area contributed by atoms with Crippen LogP contribution in [-0.2, 0) is 76.7 Å². The van der Waals surface area contributed by atoms with E-state index >= 15 is 4.39 Å².